The molecular weight excluding hydrogens is 244 g/mol. The second-order valence-corrected chi connectivity index (χ2v) is 4.49. The Kier molecular flexibility index (Phi) is 3.94. The molecule has 19 heavy (non-hydrogen) atoms. The lowest BCUT2D eigenvalue weighted by Gasteiger charge is -2.12. The summed E-state index contributed by atoms with van der Waals surface area (Å²) in [6, 6.07) is 1.66. The molecule has 0 saturated carbocycles. The van der Waals surface area contributed by atoms with Crippen LogP contribution in [0.4, 0.5) is 0 Å². The largest absolute Gasteiger partial charge is 0.352 e. The Balaban J connectivity index is 1.83. The quantitative estimate of drug-likeness (QED) is 0.849. The minimum Gasteiger partial charge on any atom is -0.352 e. The van der Waals surface area contributed by atoms with Crippen molar-refractivity contribution in [3.8, 4) is 0 Å². The van der Waals surface area contributed by atoms with Gasteiger partial charge < -0.3 is 5.32 Å². The molecule has 2 rings (SSSR count). The number of nitrogens with one attached hydrogen (secondary N) is 1. The van der Waals surface area contributed by atoms with Crippen LogP contribution in [0.5, 0.6) is 0 Å². The van der Waals surface area contributed by atoms with Crippen LogP contribution in [-0.4, -0.2) is 37.0 Å². The van der Waals surface area contributed by atoms with Gasteiger partial charge in [0.25, 0.3) is 0 Å². The van der Waals surface area contributed by atoms with Crippen LogP contribution in [0.15, 0.2) is 18.7 Å². The standard InChI is InChI=1S/C12H18N6O/c1-9-6-10(2)17(16-9)5-4-14-12(19)11(3)18-8-13-7-15-18/h6-8,11H,4-5H2,1-3H3,(H,14,19)/t11-/m1/s1. The number of carbonyl (C=O) groups is 1. The Bertz CT molecular complexity index is 545. The third-order valence-electron chi connectivity index (χ3n) is 2.94. The van der Waals surface area contributed by atoms with E-state index < -0.39 is 0 Å². The Morgan fingerprint density at radius 1 is 1.47 bits per heavy atom. The molecular formula is C12H18N6O. The second kappa shape index (κ2) is 5.64. The Morgan fingerprint density at radius 3 is 2.84 bits per heavy atom. The number of aromatic nitrogens is 5. The minimum absolute atomic E-state index is 0.0768. The van der Waals surface area contributed by atoms with Crippen molar-refractivity contribution in [1.82, 2.24) is 29.9 Å². The van der Waals surface area contributed by atoms with Crippen molar-refractivity contribution in [1.29, 1.82) is 0 Å². The highest BCUT2D eigenvalue weighted by atomic mass is 16.2. The molecule has 2 aromatic rings. The number of hydrogen-bond acceptors (Lipinski definition) is 4. The molecule has 2 heterocycles. The van der Waals surface area contributed by atoms with Crippen molar-refractivity contribution in [3.63, 3.8) is 0 Å². The van der Waals surface area contributed by atoms with Gasteiger partial charge in [-0.25, -0.2) is 9.67 Å². The molecule has 0 saturated heterocycles. The Hall–Kier alpha value is -2.18. The van der Waals surface area contributed by atoms with Gasteiger partial charge in [0.2, 0.25) is 5.91 Å². The van der Waals surface area contributed by atoms with Crippen molar-refractivity contribution >= 4 is 5.91 Å². The predicted octanol–water partition coefficient (Wildman–Crippen LogP) is 0.469. The molecule has 0 radical (unpaired) electrons. The fraction of sp³-hybridized carbons (Fsp3) is 0.500. The molecule has 102 valence electrons. The summed E-state index contributed by atoms with van der Waals surface area (Å²) in [5.41, 5.74) is 2.08. The maximum absolute atomic E-state index is 11.9. The summed E-state index contributed by atoms with van der Waals surface area (Å²) in [4.78, 5) is 15.7. The highest BCUT2D eigenvalue weighted by Crippen LogP contribution is 2.02. The van der Waals surface area contributed by atoms with E-state index in [-0.39, 0.29) is 11.9 Å². The van der Waals surface area contributed by atoms with Crippen LogP contribution in [0, 0.1) is 13.8 Å². The maximum atomic E-state index is 11.9. The van der Waals surface area contributed by atoms with Crippen LogP contribution in [-0.2, 0) is 11.3 Å². The number of carbonyl (C=O) groups excluding carboxylic acids is 1. The monoisotopic (exact) mass is 262 g/mol. The van der Waals surface area contributed by atoms with Gasteiger partial charge in [-0.15, -0.1) is 0 Å². The van der Waals surface area contributed by atoms with Gasteiger partial charge in [-0.2, -0.15) is 10.2 Å². The molecule has 7 heteroatoms. The average Bonchev–Trinajstić information content (AvgIpc) is 2.98. The van der Waals surface area contributed by atoms with Crippen LogP contribution in [0.1, 0.15) is 24.4 Å². The van der Waals surface area contributed by atoms with Gasteiger partial charge in [0.1, 0.15) is 18.7 Å². The first kappa shape index (κ1) is 13.3. The van der Waals surface area contributed by atoms with Crippen molar-refractivity contribution in [2.24, 2.45) is 0 Å². The first-order chi connectivity index (χ1) is 9.08. The number of amides is 1. The molecule has 1 amide bonds. The normalized spacial score (nSPS) is 12.4. The molecule has 0 unspecified atom stereocenters. The topological polar surface area (TPSA) is 77.6 Å². The van der Waals surface area contributed by atoms with Gasteiger partial charge in [0.05, 0.1) is 12.2 Å². The third kappa shape index (κ3) is 3.18. The zero-order valence-electron chi connectivity index (χ0n) is 11.4. The van der Waals surface area contributed by atoms with E-state index in [1.807, 2.05) is 24.6 Å². The van der Waals surface area contributed by atoms with Crippen molar-refractivity contribution in [3.05, 3.63) is 30.1 Å². The van der Waals surface area contributed by atoms with E-state index in [4.69, 9.17) is 0 Å². The zero-order valence-corrected chi connectivity index (χ0v) is 11.4. The fourth-order valence-corrected chi connectivity index (χ4v) is 1.87. The van der Waals surface area contributed by atoms with Crippen molar-refractivity contribution in [2.45, 2.75) is 33.4 Å². The number of rotatable bonds is 5. The van der Waals surface area contributed by atoms with Crippen LogP contribution in [0.25, 0.3) is 0 Å². The highest BCUT2D eigenvalue weighted by molar-refractivity contribution is 5.79. The summed E-state index contributed by atoms with van der Waals surface area (Å²) in [6.07, 6.45) is 2.95. The summed E-state index contributed by atoms with van der Waals surface area (Å²) in [5, 5.41) is 11.2. The summed E-state index contributed by atoms with van der Waals surface area (Å²) >= 11 is 0. The minimum atomic E-state index is -0.358. The SMILES string of the molecule is Cc1cc(C)n(CCNC(=O)[C@@H](C)n2cncn2)n1. The number of nitrogens with zero attached hydrogens (tertiary/aromatic N) is 5. The highest BCUT2D eigenvalue weighted by Gasteiger charge is 2.14. The van der Waals surface area contributed by atoms with Crippen LogP contribution in [0.2, 0.25) is 0 Å². The molecule has 0 bridgehead atoms. The predicted molar refractivity (Wildman–Crippen MR) is 69.4 cm³/mol. The van der Waals surface area contributed by atoms with E-state index in [2.05, 4.69) is 20.5 Å². The first-order valence-electron chi connectivity index (χ1n) is 6.21. The molecule has 0 aromatic carbocycles. The lowest BCUT2D eigenvalue weighted by atomic mass is 10.3. The van der Waals surface area contributed by atoms with Crippen molar-refractivity contribution in [2.75, 3.05) is 6.54 Å². The first-order valence-corrected chi connectivity index (χ1v) is 6.21. The summed E-state index contributed by atoms with van der Waals surface area (Å²) in [5.74, 6) is -0.0768. The van der Waals surface area contributed by atoms with E-state index in [9.17, 15) is 4.79 Å². The molecule has 7 nitrogen and oxygen atoms in total. The van der Waals surface area contributed by atoms with Gasteiger partial charge in [-0.05, 0) is 26.8 Å². The van der Waals surface area contributed by atoms with Gasteiger partial charge in [0, 0.05) is 12.2 Å². The zero-order chi connectivity index (χ0) is 13.8. The molecule has 0 aliphatic carbocycles. The van der Waals surface area contributed by atoms with E-state index in [0.717, 1.165) is 11.4 Å². The fourth-order valence-electron chi connectivity index (χ4n) is 1.87. The Morgan fingerprint density at radius 2 is 2.26 bits per heavy atom. The lowest BCUT2D eigenvalue weighted by molar-refractivity contribution is -0.124. The number of aryl methyl sites for hydroxylation is 2. The van der Waals surface area contributed by atoms with Crippen molar-refractivity contribution < 1.29 is 4.79 Å². The summed E-state index contributed by atoms with van der Waals surface area (Å²) < 4.78 is 3.41. The van der Waals surface area contributed by atoms with Crippen LogP contribution < -0.4 is 5.32 Å². The summed E-state index contributed by atoms with van der Waals surface area (Å²) in [7, 11) is 0. The average molecular weight is 262 g/mol. The lowest BCUT2D eigenvalue weighted by Crippen LogP contribution is -2.33. The molecule has 1 N–H and O–H groups in total. The van der Waals surface area contributed by atoms with Gasteiger partial charge in [-0.3, -0.25) is 9.48 Å². The van der Waals surface area contributed by atoms with Gasteiger partial charge in [-0.1, -0.05) is 0 Å². The van der Waals surface area contributed by atoms with Crippen LogP contribution >= 0.6 is 0 Å². The molecule has 1 atom stereocenters. The van der Waals surface area contributed by atoms with Gasteiger partial charge >= 0.3 is 0 Å². The van der Waals surface area contributed by atoms with Gasteiger partial charge in [0.15, 0.2) is 0 Å². The second-order valence-electron chi connectivity index (χ2n) is 4.49. The molecule has 2 aromatic heterocycles. The summed E-state index contributed by atoms with van der Waals surface area (Å²) in [6.45, 7) is 6.94. The molecule has 0 fully saturated rings. The van der Waals surface area contributed by atoms with E-state index in [1.54, 1.807) is 6.92 Å². The molecule has 0 aliphatic rings. The Labute approximate surface area is 111 Å². The van der Waals surface area contributed by atoms with E-state index in [0.29, 0.717) is 13.1 Å². The smallest absolute Gasteiger partial charge is 0.244 e. The molecule has 0 spiro atoms. The number of hydrogen-bond donors (Lipinski definition) is 1. The van der Waals surface area contributed by atoms with E-state index in [1.165, 1.54) is 17.3 Å². The van der Waals surface area contributed by atoms with Crippen LogP contribution in [0.3, 0.4) is 0 Å². The molecule has 0 aliphatic heterocycles. The third-order valence-corrected chi connectivity index (χ3v) is 2.94. The maximum Gasteiger partial charge on any atom is 0.244 e. The van der Waals surface area contributed by atoms with E-state index >= 15 is 0 Å².